The summed E-state index contributed by atoms with van der Waals surface area (Å²) in [6, 6.07) is 18.1. The van der Waals surface area contributed by atoms with Crippen molar-refractivity contribution in [2.24, 2.45) is 0 Å². The van der Waals surface area contributed by atoms with Crippen molar-refractivity contribution in [1.82, 2.24) is 10.3 Å². The topological polar surface area (TPSA) is 62.3 Å². The minimum Gasteiger partial charge on any atom is -0.352 e. The highest BCUT2D eigenvalue weighted by atomic mass is 35.5. The summed E-state index contributed by atoms with van der Waals surface area (Å²) >= 11 is 6.17. The van der Waals surface area contributed by atoms with Crippen LogP contribution in [-0.2, 0) is 11.3 Å². The van der Waals surface area contributed by atoms with Crippen molar-refractivity contribution in [2.45, 2.75) is 25.9 Å². The molecule has 2 aromatic carbocycles. The third kappa shape index (κ3) is 3.87. The predicted molar refractivity (Wildman–Crippen MR) is 113 cm³/mol. The van der Waals surface area contributed by atoms with Gasteiger partial charge in [-0.2, -0.15) is 0 Å². The van der Waals surface area contributed by atoms with E-state index in [4.69, 9.17) is 11.6 Å². The number of benzene rings is 2. The van der Waals surface area contributed by atoms with Gasteiger partial charge < -0.3 is 5.32 Å². The maximum absolute atomic E-state index is 13.1. The van der Waals surface area contributed by atoms with Gasteiger partial charge in [-0.1, -0.05) is 41.9 Å². The summed E-state index contributed by atoms with van der Waals surface area (Å²) in [6.45, 7) is 2.31. The van der Waals surface area contributed by atoms with Gasteiger partial charge in [0, 0.05) is 23.5 Å². The van der Waals surface area contributed by atoms with Crippen LogP contribution in [0.25, 0.3) is 0 Å². The monoisotopic (exact) mass is 405 g/mol. The van der Waals surface area contributed by atoms with E-state index in [1.54, 1.807) is 29.3 Å². The van der Waals surface area contributed by atoms with Gasteiger partial charge in [0.1, 0.15) is 0 Å². The number of halogens is 1. The molecule has 1 aliphatic heterocycles. The molecule has 5 nitrogen and oxygen atoms in total. The number of hydrogen-bond acceptors (Lipinski definition) is 3. The standard InChI is InChI=1S/C23H20ClN3O2/c1-15-6-4-8-17(12-15)27-20(22-18(23(27)29)9-5-11-25-22)13-21(28)26-14-16-7-2-3-10-19(16)24/h2-12,20H,13-14H2,1H3,(H,26,28)/t20-/m0/s1. The average Bonchev–Trinajstić information content (AvgIpc) is 2.99. The highest BCUT2D eigenvalue weighted by Crippen LogP contribution is 2.38. The zero-order chi connectivity index (χ0) is 20.4. The molecular formula is C23H20ClN3O2. The Morgan fingerprint density at radius 3 is 2.76 bits per heavy atom. The van der Waals surface area contributed by atoms with E-state index in [-0.39, 0.29) is 18.2 Å². The Kier molecular flexibility index (Phi) is 5.32. The van der Waals surface area contributed by atoms with Crippen LogP contribution in [-0.4, -0.2) is 16.8 Å². The molecule has 1 atom stereocenters. The predicted octanol–water partition coefficient (Wildman–Crippen LogP) is 4.45. The molecule has 0 fully saturated rings. The molecule has 1 aliphatic rings. The number of rotatable bonds is 5. The van der Waals surface area contributed by atoms with Gasteiger partial charge in [0.25, 0.3) is 5.91 Å². The lowest BCUT2D eigenvalue weighted by Gasteiger charge is -2.25. The van der Waals surface area contributed by atoms with Crippen molar-refractivity contribution in [3.63, 3.8) is 0 Å². The van der Waals surface area contributed by atoms with Gasteiger partial charge in [-0.3, -0.25) is 19.5 Å². The Balaban J connectivity index is 1.58. The second-order valence-electron chi connectivity index (χ2n) is 7.04. The highest BCUT2D eigenvalue weighted by Gasteiger charge is 2.39. The van der Waals surface area contributed by atoms with Gasteiger partial charge >= 0.3 is 0 Å². The summed E-state index contributed by atoms with van der Waals surface area (Å²) in [7, 11) is 0. The van der Waals surface area contributed by atoms with Gasteiger partial charge in [-0.05, 0) is 48.4 Å². The summed E-state index contributed by atoms with van der Waals surface area (Å²) in [6.07, 6.45) is 1.77. The molecule has 3 aromatic rings. The SMILES string of the molecule is Cc1cccc(N2C(=O)c3cccnc3[C@@H]2CC(=O)NCc2ccccc2Cl)c1. The normalized spacial score (nSPS) is 15.3. The number of pyridine rings is 1. The first kappa shape index (κ1) is 19.2. The fourth-order valence-corrected chi connectivity index (χ4v) is 3.81. The summed E-state index contributed by atoms with van der Waals surface area (Å²) in [5.74, 6) is -0.304. The maximum Gasteiger partial charge on any atom is 0.260 e. The van der Waals surface area contributed by atoms with Crippen molar-refractivity contribution in [3.05, 3.63) is 94.3 Å². The molecular weight excluding hydrogens is 386 g/mol. The van der Waals surface area contributed by atoms with Gasteiger partial charge in [0.2, 0.25) is 5.91 Å². The van der Waals surface area contributed by atoms with Crippen LogP contribution in [0, 0.1) is 6.92 Å². The summed E-state index contributed by atoms with van der Waals surface area (Å²) in [5, 5.41) is 3.52. The molecule has 146 valence electrons. The lowest BCUT2D eigenvalue weighted by molar-refractivity contribution is -0.121. The molecule has 0 saturated heterocycles. The number of aromatic nitrogens is 1. The molecule has 2 heterocycles. The first-order valence-electron chi connectivity index (χ1n) is 9.40. The van der Waals surface area contributed by atoms with E-state index in [0.717, 1.165) is 16.8 Å². The molecule has 0 spiro atoms. The van der Waals surface area contributed by atoms with Crippen LogP contribution in [0.3, 0.4) is 0 Å². The highest BCUT2D eigenvalue weighted by molar-refractivity contribution is 6.31. The maximum atomic E-state index is 13.1. The number of amides is 2. The van der Waals surface area contributed by atoms with Crippen LogP contribution < -0.4 is 10.2 Å². The van der Waals surface area contributed by atoms with E-state index in [1.165, 1.54) is 0 Å². The van der Waals surface area contributed by atoms with E-state index in [2.05, 4.69) is 10.3 Å². The zero-order valence-electron chi connectivity index (χ0n) is 15.9. The van der Waals surface area contributed by atoms with Crippen molar-refractivity contribution < 1.29 is 9.59 Å². The first-order chi connectivity index (χ1) is 14.0. The van der Waals surface area contributed by atoms with Crippen LogP contribution in [0.1, 0.15) is 39.6 Å². The molecule has 0 aliphatic carbocycles. The largest absolute Gasteiger partial charge is 0.352 e. The van der Waals surface area contributed by atoms with E-state index >= 15 is 0 Å². The molecule has 29 heavy (non-hydrogen) atoms. The first-order valence-corrected chi connectivity index (χ1v) is 9.77. The lowest BCUT2D eigenvalue weighted by Crippen LogP contribution is -2.33. The van der Waals surface area contributed by atoms with Crippen LogP contribution in [0.4, 0.5) is 5.69 Å². The number of anilines is 1. The Morgan fingerprint density at radius 1 is 1.14 bits per heavy atom. The van der Waals surface area contributed by atoms with Crippen LogP contribution in [0.2, 0.25) is 5.02 Å². The number of aryl methyl sites for hydroxylation is 1. The molecule has 0 bridgehead atoms. The second-order valence-corrected chi connectivity index (χ2v) is 7.45. The quantitative estimate of drug-likeness (QED) is 0.682. The lowest BCUT2D eigenvalue weighted by atomic mass is 10.1. The van der Waals surface area contributed by atoms with Gasteiger partial charge in [0.15, 0.2) is 0 Å². The van der Waals surface area contributed by atoms with Crippen molar-refractivity contribution in [3.8, 4) is 0 Å². The number of hydrogen-bond donors (Lipinski definition) is 1. The Morgan fingerprint density at radius 2 is 1.97 bits per heavy atom. The number of carbonyl (C=O) groups excluding carboxylic acids is 2. The van der Waals surface area contributed by atoms with Crippen molar-refractivity contribution >= 4 is 29.1 Å². The summed E-state index contributed by atoms with van der Waals surface area (Å²) < 4.78 is 0. The Labute approximate surface area is 174 Å². The van der Waals surface area contributed by atoms with Crippen molar-refractivity contribution in [1.29, 1.82) is 0 Å². The number of carbonyl (C=O) groups is 2. The molecule has 6 heteroatoms. The molecule has 1 N–H and O–H groups in total. The summed E-state index contributed by atoms with van der Waals surface area (Å²) in [5.41, 5.74) is 3.82. The number of nitrogens with zero attached hydrogens (tertiary/aromatic N) is 2. The Hall–Kier alpha value is -3.18. The van der Waals surface area contributed by atoms with Gasteiger partial charge in [0.05, 0.1) is 23.7 Å². The molecule has 2 amide bonds. The average molecular weight is 406 g/mol. The van der Waals surface area contributed by atoms with Crippen LogP contribution >= 0.6 is 11.6 Å². The minimum atomic E-state index is -0.452. The van der Waals surface area contributed by atoms with Crippen molar-refractivity contribution in [2.75, 3.05) is 4.90 Å². The smallest absolute Gasteiger partial charge is 0.260 e. The Bertz CT molecular complexity index is 1080. The second kappa shape index (κ2) is 8.05. The van der Waals surface area contributed by atoms with E-state index in [1.807, 2.05) is 49.4 Å². The van der Waals surface area contributed by atoms with E-state index in [0.29, 0.717) is 22.8 Å². The molecule has 0 saturated carbocycles. The fraction of sp³-hybridized carbons (Fsp3) is 0.174. The summed E-state index contributed by atoms with van der Waals surface area (Å²) in [4.78, 5) is 31.9. The minimum absolute atomic E-state index is 0.119. The zero-order valence-corrected chi connectivity index (χ0v) is 16.7. The third-order valence-electron chi connectivity index (χ3n) is 5.01. The van der Waals surface area contributed by atoms with Crippen LogP contribution in [0.15, 0.2) is 66.9 Å². The molecule has 1 aromatic heterocycles. The third-order valence-corrected chi connectivity index (χ3v) is 5.38. The fourth-order valence-electron chi connectivity index (χ4n) is 3.60. The van der Waals surface area contributed by atoms with Gasteiger partial charge in [-0.25, -0.2) is 0 Å². The molecule has 4 rings (SSSR count). The molecule has 0 unspecified atom stereocenters. The molecule has 0 radical (unpaired) electrons. The number of fused-ring (bicyclic) bond motifs is 1. The number of nitrogens with one attached hydrogen (secondary N) is 1. The van der Waals surface area contributed by atoms with Crippen LogP contribution in [0.5, 0.6) is 0 Å². The van der Waals surface area contributed by atoms with Gasteiger partial charge in [-0.15, -0.1) is 0 Å². The van der Waals surface area contributed by atoms with E-state index in [9.17, 15) is 9.59 Å². The van der Waals surface area contributed by atoms with E-state index < -0.39 is 6.04 Å².